The summed E-state index contributed by atoms with van der Waals surface area (Å²) in [4.78, 5) is 26.3. The number of phenols is 1. The number of amidine groups is 1. The highest BCUT2D eigenvalue weighted by Gasteiger charge is 2.73. The van der Waals surface area contributed by atoms with E-state index in [1.165, 1.54) is 28.3 Å². The Morgan fingerprint density at radius 2 is 1.89 bits per heavy atom. The molecule has 0 amide bonds. The Balaban J connectivity index is 0.000000130. The van der Waals surface area contributed by atoms with Crippen molar-refractivity contribution in [1.29, 1.82) is 0 Å². The van der Waals surface area contributed by atoms with Crippen LogP contribution in [0.15, 0.2) is 47.5 Å². The number of piperazine rings is 1. The number of aryl methyl sites for hydroxylation is 1. The second-order valence-corrected chi connectivity index (χ2v) is 15.9. The number of carbonyl (C=O) groups excluding carboxylic acids is 1. The first-order valence-electron chi connectivity index (χ1n) is 17.3. The van der Waals surface area contributed by atoms with E-state index in [0.717, 1.165) is 86.4 Å². The first kappa shape index (κ1) is 29.7. The van der Waals surface area contributed by atoms with Gasteiger partial charge in [0.25, 0.3) is 0 Å². The molecule has 4 fully saturated rings. The summed E-state index contributed by atoms with van der Waals surface area (Å²) >= 11 is 1.81. The van der Waals surface area contributed by atoms with Crippen molar-refractivity contribution in [1.82, 2.24) is 14.7 Å². The topological polar surface area (TPSA) is 101 Å². The van der Waals surface area contributed by atoms with Crippen molar-refractivity contribution in [3.8, 4) is 11.5 Å². The van der Waals surface area contributed by atoms with Crippen LogP contribution in [0, 0.1) is 12.8 Å². The van der Waals surface area contributed by atoms with E-state index in [-0.39, 0.29) is 17.6 Å². The van der Waals surface area contributed by atoms with Gasteiger partial charge in [-0.15, -0.1) is 11.3 Å². The summed E-state index contributed by atoms with van der Waals surface area (Å²) in [6.07, 6.45) is 4.33. The Morgan fingerprint density at radius 3 is 2.70 bits per heavy atom. The van der Waals surface area contributed by atoms with Crippen LogP contribution in [0.1, 0.15) is 53.7 Å². The van der Waals surface area contributed by atoms with E-state index in [4.69, 9.17) is 9.73 Å². The van der Waals surface area contributed by atoms with Crippen LogP contribution in [-0.4, -0.2) is 101 Å². The van der Waals surface area contributed by atoms with E-state index in [9.17, 15) is 15.0 Å². The van der Waals surface area contributed by atoms with Gasteiger partial charge in [-0.2, -0.15) is 0 Å². The van der Waals surface area contributed by atoms with E-state index >= 15 is 0 Å². The molecule has 0 unspecified atom stereocenters. The number of ether oxygens (including phenoxy) is 1. The molecule has 2 aromatic carbocycles. The number of thiophene rings is 1. The minimum Gasteiger partial charge on any atom is -0.504 e. The number of phenolic OH excluding ortho intramolecular Hbond substituents is 1. The monoisotopic (exact) mass is 653 g/mol. The standard InChI is InChI=1S/C20H23NO4.C17H20N4S/c22-13-4-3-12-9-15-20(24)6-5-14(23)18-19(20,16(12)17(13)25-18)7-8-21(15)10-11-1-2-11;1-12-11-13-16(21-9-7-20(2)8-10-21)18-14-5-3-4-6-15(14)19-17(13)22-12/h3-4,11,15,18,22,24H,1-2,5-10H2;3-6,11,19H,7-10H2,1-2H3/t15-,18+,19+,20-;/m1./s1. The van der Waals surface area contributed by atoms with E-state index in [0.29, 0.717) is 18.6 Å². The largest absolute Gasteiger partial charge is 0.504 e. The molecule has 0 radical (unpaired) electrons. The van der Waals surface area contributed by atoms with Crippen LogP contribution in [-0.2, 0) is 16.6 Å². The zero-order valence-electron chi connectivity index (χ0n) is 27.2. The molecule has 9 nitrogen and oxygen atoms in total. The van der Waals surface area contributed by atoms with Crippen molar-refractivity contribution < 1.29 is 19.7 Å². The van der Waals surface area contributed by atoms with E-state index in [1.807, 2.05) is 6.07 Å². The quantitative estimate of drug-likeness (QED) is 0.357. The molecule has 3 aromatic rings. The molecule has 7 aliphatic rings. The second kappa shape index (κ2) is 10.8. The fourth-order valence-corrected chi connectivity index (χ4v) is 10.2. The second-order valence-electron chi connectivity index (χ2n) is 14.7. The number of para-hydroxylation sites is 2. The lowest BCUT2D eigenvalue weighted by Gasteiger charge is -2.62. The lowest BCUT2D eigenvalue weighted by Crippen LogP contribution is -2.76. The smallest absolute Gasteiger partial charge is 0.174 e. The average molecular weight is 654 g/mol. The number of ketones is 1. The highest BCUT2D eigenvalue weighted by atomic mass is 32.1. The number of aliphatic hydroxyl groups is 1. The molecule has 4 aliphatic heterocycles. The van der Waals surface area contributed by atoms with E-state index < -0.39 is 17.1 Å². The summed E-state index contributed by atoms with van der Waals surface area (Å²) in [5.74, 6) is 2.50. The summed E-state index contributed by atoms with van der Waals surface area (Å²) < 4.78 is 6.04. The summed E-state index contributed by atoms with van der Waals surface area (Å²) in [5.41, 5.74) is 3.81. The Kier molecular flexibility index (Phi) is 6.81. The number of piperidine rings is 1. The lowest BCUT2D eigenvalue weighted by molar-refractivity contribution is -0.188. The van der Waals surface area contributed by atoms with Gasteiger partial charge in [0.2, 0.25) is 0 Å². The van der Waals surface area contributed by atoms with Crippen molar-refractivity contribution >= 4 is 39.3 Å². The zero-order chi connectivity index (χ0) is 32.1. The number of aliphatic imine (C=N–C) groups is 1. The maximum atomic E-state index is 12.7. The molecule has 4 atom stereocenters. The number of nitrogens with one attached hydrogen (secondary N) is 1. The van der Waals surface area contributed by atoms with Crippen molar-refractivity contribution in [2.75, 3.05) is 51.6 Å². The van der Waals surface area contributed by atoms with Crippen molar-refractivity contribution in [2.24, 2.45) is 10.9 Å². The number of hydrogen-bond donors (Lipinski definition) is 3. The van der Waals surface area contributed by atoms with Gasteiger partial charge in [0.15, 0.2) is 23.4 Å². The fraction of sp³-hybridized carbons (Fsp3) is 0.514. The molecular weight excluding hydrogens is 611 g/mol. The number of anilines is 2. The fourth-order valence-electron chi connectivity index (χ4n) is 9.27. The Morgan fingerprint density at radius 1 is 1.09 bits per heavy atom. The van der Waals surface area contributed by atoms with Crippen LogP contribution in [0.4, 0.5) is 16.4 Å². The highest BCUT2D eigenvalue weighted by molar-refractivity contribution is 7.16. The number of rotatable bonds is 2. The number of carbonyl (C=O) groups is 1. The third kappa shape index (κ3) is 4.51. The van der Waals surface area contributed by atoms with Crippen molar-refractivity contribution in [2.45, 2.75) is 68.6 Å². The molecule has 10 heteroatoms. The van der Waals surface area contributed by atoms with Crippen LogP contribution < -0.4 is 10.1 Å². The maximum Gasteiger partial charge on any atom is 0.174 e. The summed E-state index contributed by atoms with van der Waals surface area (Å²) in [6.45, 7) is 8.36. The Hall–Kier alpha value is -3.44. The van der Waals surface area contributed by atoms with Gasteiger partial charge in [0.05, 0.1) is 28.0 Å². The molecule has 5 heterocycles. The van der Waals surface area contributed by atoms with Crippen LogP contribution in [0.25, 0.3) is 0 Å². The molecular formula is C37H43N5O4S. The summed E-state index contributed by atoms with van der Waals surface area (Å²) in [6, 6.07) is 14.2. The van der Waals surface area contributed by atoms with Gasteiger partial charge < -0.3 is 30.1 Å². The number of likely N-dealkylation sites (N-methyl/N-ethyl adjacent to an activating group) is 1. The molecule has 246 valence electrons. The van der Waals surface area contributed by atoms with Gasteiger partial charge in [0, 0.05) is 55.6 Å². The minimum atomic E-state index is -0.940. The van der Waals surface area contributed by atoms with E-state index in [1.54, 1.807) is 17.4 Å². The average Bonchev–Trinajstić information content (AvgIpc) is 3.73. The van der Waals surface area contributed by atoms with Crippen molar-refractivity contribution in [3.63, 3.8) is 0 Å². The predicted molar refractivity (Wildman–Crippen MR) is 184 cm³/mol. The van der Waals surface area contributed by atoms with Crippen LogP contribution in [0.5, 0.6) is 11.5 Å². The van der Waals surface area contributed by atoms with Gasteiger partial charge in [-0.05, 0) is 88.4 Å². The lowest BCUT2D eigenvalue weighted by atomic mass is 9.49. The molecule has 2 saturated carbocycles. The summed E-state index contributed by atoms with van der Waals surface area (Å²) in [7, 11) is 2.18. The zero-order valence-corrected chi connectivity index (χ0v) is 28.0. The SMILES string of the molecule is Cc1cc2c(s1)Nc1ccccc1N=C2N1CCN(C)CC1.O=C1CC[C@@]2(O)[C@H]3Cc4ccc(O)c5c4[C@@]2(CCN3CC2CC2)[C@H]1O5. The third-order valence-electron chi connectivity index (χ3n) is 11.8. The maximum absolute atomic E-state index is 12.7. The predicted octanol–water partition coefficient (Wildman–Crippen LogP) is 4.96. The Labute approximate surface area is 279 Å². The minimum absolute atomic E-state index is 0.0454. The summed E-state index contributed by atoms with van der Waals surface area (Å²) in [5, 5.41) is 27.1. The van der Waals surface area contributed by atoms with E-state index in [2.05, 4.69) is 64.3 Å². The first-order valence-corrected chi connectivity index (χ1v) is 18.1. The number of nitrogens with zero attached hydrogens (tertiary/aromatic N) is 4. The van der Waals surface area contributed by atoms with Crippen LogP contribution >= 0.6 is 11.3 Å². The highest BCUT2D eigenvalue weighted by Crippen LogP contribution is 2.65. The van der Waals surface area contributed by atoms with Gasteiger partial charge in [0.1, 0.15) is 10.8 Å². The van der Waals surface area contributed by atoms with Gasteiger partial charge in [-0.1, -0.05) is 18.2 Å². The first-order chi connectivity index (χ1) is 22.7. The van der Waals surface area contributed by atoms with Gasteiger partial charge in [-0.25, -0.2) is 4.99 Å². The van der Waals surface area contributed by atoms with Crippen LogP contribution in [0.3, 0.4) is 0 Å². The van der Waals surface area contributed by atoms with Gasteiger partial charge in [-0.3, -0.25) is 9.69 Å². The molecule has 47 heavy (non-hydrogen) atoms. The Bertz CT molecular complexity index is 1790. The normalized spacial score (nSPS) is 30.5. The number of hydrogen-bond acceptors (Lipinski definition) is 10. The van der Waals surface area contributed by atoms with Crippen molar-refractivity contribution in [3.05, 3.63) is 64.0 Å². The number of benzene rings is 2. The molecule has 10 rings (SSSR count). The molecule has 2 bridgehead atoms. The van der Waals surface area contributed by atoms with Gasteiger partial charge >= 0.3 is 0 Å². The molecule has 3 aliphatic carbocycles. The number of Topliss-reactive ketones (excluding diaryl/α,β-unsaturated/α-hetero) is 1. The number of aromatic hydroxyl groups is 1. The third-order valence-corrected chi connectivity index (χ3v) is 12.8. The number of likely N-dealkylation sites (tertiary alicyclic amines) is 1. The molecule has 2 saturated heterocycles. The molecule has 1 spiro atoms. The van der Waals surface area contributed by atoms with Crippen LogP contribution in [0.2, 0.25) is 0 Å². The number of fused-ring (bicyclic) bond motifs is 2. The molecule has 1 aromatic heterocycles. The molecule has 3 N–H and O–H groups in total.